The highest BCUT2D eigenvalue weighted by Gasteiger charge is 2.30. The van der Waals surface area contributed by atoms with E-state index in [0.717, 1.165) is 0 Å². The predicted molar refractivity (Wildman–Crippen MR) is 61.2 cm³/mol. The summed E-state index contributed by atoms with van der Waals surface area (Å²) in [6, 6.07) is 0.0150. The first-order valence-electron chi connectivity index (χ1n) is 5.31. The zero-order valence-electron chi connectivity index (χ0n) is 9.66. The Balaban J connectivity index is 2.55. The van der Waals surface area contributed by atoms with Crippen LogP contribution in [0.4, 0.5) is 0 Å². The molecule has 1 heterocycles. The summed E-state index contributed by atoms with van der Waals surface area (Å²) in [5.41, 5.74) is 0. The van der Waals surface area contributed by atoms with Gasteiger partial charge in [-0.2, -0.15) is 0 Å². The molecule has 0 spiro atoms. The maximum Gasteiger partial charge on any atom is 0.222 e. The smallest absolute Gasteiger partial charge is 0.222 e. The van der Waals surface area contributed by atoms with Crippen LogP contribution >= 0.6 is 0 Å². The molecular formula is C10H20N2O2S. The monoisotopic (exact) mass is 232 g/mol. The van der Waals surface area contributed by atoms with Gasteiger partial charge in [-0.1, -0.05) is 13.8 Å². The molecule has 0 aromatic carbocycles. The Kier molecular flexibility index (Phi) is 3.76. The fourth-order valence-electron chi connectivity index (χ4n) is 1.81. The number of carbonyl (C=O) groups excluding carboxylic acids is 1. The van der Waals surface area contributed by atoms with Gasteiger partial charge in [0.25, 0.3) is 0 Å². The van der Waals surface area contributed by atoms with Crippen LogP contribution in [-0.4, -0.2) is 39.6 Å². The molecule has 1 amide bonds. The lowest BCUT2D eigenvalue weighted by Crippen LogP contribution is -2.38. The van der Waals surface area contributed by atoms with Crippen molar-refractivity contribution in [2.45, 2.75) is 32.7 Å². The fraction of sp³-hybridized carbons (Fsp3) is 0.900. The first-order chi connectivity index (χ1) is 6.82. The maximum absolute atomic E-state index is 11.7. The van der Waals surface area contributed by atoms with Crippen molar-refractivity contribution >= 4 is 15.6 Å². The third-order valence-corrected chi connectivity index (χ3v) is 4.58. The van der Waals surface area contributed by atoms with Crippen molar-refractivity contribution in [1.29, 1.82) is 4.78 Å². The lowest BCUT2D eigenvalue weighted by molar-refractivity contribution is -0.132. The van der Waals surface area contributed by atoms with E-state index in [1.54, 1.807) is 11.9 Å². The SMILES string of the molecule is CC(C)CC(=O)N(C)C1CCS(=N)(=O)C1. The van der Waals surface area contributed by atoms with Gasteiger partial charge in [0, 0.05) is 35.0 Å². The van der Waals surface area contributed by atoms with E-state index in [4.69, 9.17) is 4.78 Å². The summed E-state index contributed by atoms with van der Waals surface area (Å²) in [6.45, 7) is 4.02. The highest BCUT2D eigenvalue weighted by atomic mass is 32.2. The molecule has 1 aliphatic rings. The molecule has 2 unspecified atom stereocenters. The van der Waals surface area contributed by atoms with Crippen LogP contribution in [0, 0.1) is 10.7 Å². The van der Waals surface area contributed by atoms with Crippen LogP contribution in [0.3, 0.4) is 0 Å². The van der Waals surface area contributed by atoms with Crippen LogP contribution in [-0.2, 0) is 14.5 Å². The topological polar surface area (TPSA) is 61.2 Å². The van der Waals surface area contributed by atoms with Crippen LogP contribution in [0.5, 0.6) is 0 Å². The number of hydrogen-bond acceptors (Lipinski definition) is 3. The standard InChI is InChI=1S/C10H20N2O2S/c1-8(2)6-10(13)12(3)9-4-5-15(11,14)7-9/h8-9,11H,4-7H2,1-3H3. The number of nitrogens with zero attached hydrogens (tertiary/aromatic N) is 1. The van der Waals surface area contributed by atoms with Crippen LogP contribution in [0.1, 0.15) is 26.7 Å². The molecule has 1 rings (SSSR count). The molecule has 0 saturated carbocycles. The molecule has 4 nitrogen and oxygen atoms in total. The Labute approximate surface area is 92.0 Å². The molecule has 5 heteroatoms. The van der Waals surface area contributed by atoms with E-state index < -0.39 is 9.73 Å². The van der Waals surface area contributed by atoms with Gasteiger partial charge >= 0.3 is 0 Å². The molecule has 2 atom stereocenters. The summed E-state index contributed by atoms with van der Waals surface area (Å²) in [5.74, 6) is 1.25. The molecular weight excluding hydrogens is 212 g/mol. The zero-order chi connectivity index (χ0) is 11.6. The Morgan fingerprint density at radius 2 is 2.20 bits per heavy atom. The average Bonchev–Trinajstić information content (AvgIpc) is 2.43. The average molecular weight is 232 g/mol. The van der Waals surface area contributed by atoms with E-state index in [1.807, 2.05) is 13.8 Å². The van der Waals surface area contributed by atoms with Gasteiger partial charge in [-0.25, -0.2) is 4.21 Å². The lowest BCUT2D eigenvalue weighted by atomic mass is 10.1. The van der Waals surface area contributed by atoms with Crippen molar-refractivity contribution in [3.63, 3.8) is 0 Å². The van der Waals surface area contributed by atoms with E-state index in [0.29, 0.717) is 30.3 Å². The van der Waals surface area contributed by atoms with Gasteiger partial charge in [0.05, 0.1) is 5.75 Å². The van der Waals surface area contributed by atoms with Crippen LogP contribution in [0.25, 0.3) is 0 Å². The van der Waals surface area contributed by atoms with Crippen molar-refractivity contribution in [2.75, 3.05) is 18.6 Å². The van der Waals surface area contributed by atoms with E-state index in [1.165, 1.54) is 0 Å². The summed E-state index contributed by atoms with van der Waals surface area (Å²) < 4.78 is 19.0. The van der Waals surface area contributed by atoms with Gasteiger partial charge in [0.15, 0.2) is 0 Å². The molecule has 1 fully saturated rings. The predicted octanol–water partition coefficient (Wildman–Crippen LogP) is 1.31. The number of nitrogens with one attached hydrogen (secondary N) is 1. The first kappa shape index (κ1) is 12.5. The minimum Gasteiger partial charge on any atom is -0.342 e. The van der Waals surface area contributed by atoms with Crippen molar-refractivity contribution in [3.8, 4) is 0 Å². The van der Waals surface area contributed by atoms with Gasteiger partial charge in [-0.3, -0.25) is 9.57 Å². The quantitative estimate of drug-likeness (QED) is 0.797. The summed E-state index contributed by atoms with van der Waals surface area (Å²) in [7, 11) is -0.636. The van der Waals surface area contributed by atoms with Crippen molar-refractivity contribution in [2.24, 2.45) is 5.92 Å². The molecule has 0 radical (unpaired) electrons. The van der Waals surface area contributed by atoms with Gasteiger partial charge in [-0.15, -0.1) is 0 Å². The second kappa shape index (κ2) is 4.51. The second-order valence-corrected chi connectivity index (χ2v) is 7.09. The van der Waals surface area contributed by atoms with Gasteiger partial charge in [-0.05, 0) is 12.3 Å². The first-order valence-corrected chi connectivity index (χ1v) is 7.21. The van der Waals surface area contributed by atoms with Gasteiger partial charge in [0.2, 0.25) is 5.91 Å². The van der Waals surface area contributed by atoms with E-state index in [9.17, 15) is 9.00 Å². The van der Waals surface area contributed by atoms with Crippen LogP contribution in [0.2, 0.25) is 0 Å². The van der Waals surface area contributed by atoms with E-state index in [2.05, 4.69) is 0 Å². The Morgan fingerprint density at radius 1 is 1.60 bits per heavy atom. The summed E-state index contributed by atoms with van der Waals surface area (Å²) >= 11 is 0. The third-order valence-electron chi connectivity index (χ3n) is 2.77. The van der Waals surface area contributed by atoms with Crippen molar-refractivity contribution in [1.82, 2.24) is 4.90 Å². The molecule has 1 aliphatic heterocycles. The number of rotatable bonds is 3. The lowest BCUT2D eigenvalue weighted by Gasteiger charge is -2.24. The molecule has 0 aromatic heterocycles. The van der Waals surface area contributed by atoms with Gasteiger partial charge in [0.1, 0.15) is 0 Å². The Bertz CT molecular complexity index is 335. The van der Waals surface area contributed by atoms with Gasteiger partial charge < -0.3 is 4.90 Å². The number of carbonyl (C=O) groups is 1. The zero-order valence-corrected chi connectivity index (χ0v) is 10.5. The number of amides is 1. The third kappa shape index (κ3) is 3.48. The van der Waals surface area contributed by atoms with E-state index in [-0.39, 0.29) is 11.9 Å². The Morgan fingerprint density at radius 3 is 2.60 bits per heavy atom. The minimum atomic E-state index is -2.40. The highest BCUT2D eigenvalue weighted by Crippen LogP contribution is 2.18. The summed E-state index contributed by atoms with van der Waals surface area (Å²) in [4.78, 5) is 13.4. The molecule has 0 bridgehead atoms. The van der Waals surface area contributed by atoms with E-state index >= 15 is 0 Å². The van der Waals surface area contributed by atoms with Crippen LogP contribution in [0.15, 0.2) is 0 Å². The number of hydrogen-bond donors (Lipinski definition) is 1. The second-order valence-electron chi connectivity index (χ2n) is 4.73. The van der Waals surface area contributed by atoms with Crippen molar-refractivity contribution < 1.29 is 9.00 Å². The molecule has 1 N–H and O–H groups in total. The minimum absolute atomic E-state index is 0.0150. The maximum atomic E-state index is 11.7. The molecule has 15 heavy (non-hydrogen) atoms. The fourth-order valence-corrected chi connectivity index (χ4v) is 3.64. The largest absolute Gasteiger partial charge is 0.342 e. The summed E-state index contributed by atoms with van der Waals surface area (Å²) in [6.07, 6.45) is 1.24. The molecule has 0 aromatic rings. The van der Waals surface area contributed by atoms with Crippen LogP contribution < -0.4 is 0 Å². The van der Waals surface area contributed by atoms with Crippen molar-refractivity contribution in [3.05, 3.63) is 0 Å². The summed E-state index contributed by atoms with van der Waals surface area (Å²) in [5, 5.41) is 0. The highest BCUT2D eigenvalue weighted by molar-refractivity contribution is 7.92. The molecule has 88 valence electrons. The normalized spacial score (nSPS) is 30.8. The molecule has 0 aliphatic carbocycles. The molecule has 1 saturated heterocycles. The Hall–Kier alpha value is -0.580.